The minimum atomic E-state index is -4.67. The number of nitrogens with zero attached hydrogens (tertiary/aromatic N) is 3. The van der Waals surface area contributed by atoms with E-state index < -0.39 is 29.5 Å². The SMILES string of the molecule is CC1=CN(c2cc(NC(=O)Nc3cc(N4CCC(N5CCCC5)CC4)cc(C(F)(F)F)c3)cc(C(F)(F)F)c2)CN1. The van der Waals surface area contributed by atoms with Gasteiger partial charge in [0.15, 0.2) is 0 Å². The summed E-state index contributed by atoms with van der Waals surface area (Å²) < 4.78 is 82.1. The van der Waals surface area contributed by atoms with Gasteiger partial charge in [0.05, 0.1) is 17.8 Å². The number of alkyl halides is 6. The standard InChI is InChI=1S/C28H32F6N6O/c1-18-16-40(17-35-18)25-13-20(28(32,33)34)11-22(15-25)37-26(41)36-21-10-19(27(29,30)31)12-24(14-21)39-8-4-23(5-9-39)38-6-2-3-7-38/h10-16,23,35H,2-9,17H2,1H3,(H2,36,37,41). The molecule has 3 aliphatic rings. The highest BCUT2D eigenvalue weighted by Crippen LogP contribution is 2.37. The quantitative estimate of drug-likeness (QED) is 0.344. The average molecular weight is 583 g/mol. The molecule has 0 aliphatic carbocycles. The summed E-state index contributed by atoms with van der Waals surface area (Å²) in [6.07, 6.45) is -3.69. The summed E-state index contributed by atoms with van der Waals surface area (Å²) in [7, 11) is 0. The topological polar surface area (TPSA) is 62.9 Å². The summed E-state index contributed by atoms with van der Waals surface area (Å²) in [6.45, 7) is 5.28. The molecule has 0 aromatic heterocycles. The zero-order valence-corrected chi connectivity index (χ0v) is 22.5. The van der Waals surface area contributed by atoms with Crippen molar-refractivity contribution in [2.45, 2.75) is 51.0 Å². The van der Waals surface area contributed by atoms with Crippen LogP contribution in [0, 0.1) is 0 Å². The van der Waals surface area contributed by atoms with Crippen LogP contribution in [0.1, 0.15) is 43.7 Å². The van der Waals surface area contributed by atoms with Gasteiger partial charge in [-0.05, 0) is 82.1 Å². The number of benzene rings is 2. The molecule has 3 N–H and O–H groups in total. The van der Waals surface area contributed by atoms with Crippen LogP contribution in [0.4, 0.5) is 53.9 Å². The fourth-order valence-corrected chi connectivity index (χ4v) is 5.63. The van der Waals surface area contributed by atoms with E-state index in [-0.39, 0.29) is 23.7 Å². The molecule has 2 amide bonds. The van der Waals surface area contributed by atoms with Crippen molar-refractivity contribution in [2.75, 3.05) is 53.3 Å². The van der Waals surface area contributed by atoms with Crippen molar-refractivity contribution < 1.29 is 31.1 Å². The molecule has 0 spiro atoms. The van der Waals surface area contributed by atoms with Crippen molar-refractivity contribution in [3.05, 3.63) is 59.4 Å². The van der Waals surface area contributed by atoms with Crippen molar-refractivity contribution in [2.24, 2.45) is 0 Å². The Bertz CT molecular complexity index is 1300. The van der Waals surface area contributed by atoms with Gasteiger partial charge in [-0.25, -0.2) is 4.79 Å². The summed E-state index contributed by atoms with van der Waals surface area (Å²) in [5.41, 5.74) is -0.864. The summed E-state index contributed by atoms with van der Waals surface area (Å²) in [4.78, 5) is 18.7. The van der Waals surface area contributed by atoms with Crippen molar-refractivity contribution >= 4 is 28.8 Å². The van der Waals surface area contributed by atoms with Gasteiger partial charge in [-0.3, -0.25) is 0 Å². The van der Waals surface area contributed by atoms with Crippen molar-refractivity contribution in [3.63, 3.8) is 0 Å². The fraction of sp³-hybridized carbons (Fsp3) is 0.464. The number of rotatable bonds is 5. The normalized spacial score (nSPS) is 18.9. The maximum absolute atomic E-state index is 13.8. The van der Waals surface area contributed by atoms with E-state index in [0.29, 0.717) is 24.8 Å². The molecule has 0 unspecified atom stereocenters. The zero-order valence-electron chi connectivity index (χ0n) is 22.5. The Morgan fingerprint density at radius 2 is 1.34 bits per heavy atom. The van der Waals surface area contributed by atoms with E-state index in [1.807, 2.05) is 4.90 Å². The number of hydrogen-bond acceptors (Lipinski definition) is 5. The molecule has 0 radical (unpaired) electrons. The lowest BCUT2D eigenvalue weighted by Crippen LogP contribution is -2.43. The molecule has 41 heavy (non-hydrogen) atoms. The zero-order chi connectivity index (χ0) is 29.4. The number of amides is 2. The molecule has 13 heteroatoms. The van der Waals surface area contributed by atoms with Crippen LogP contribution in [0.25, 0.3) is 0 Å². The highest BCUT2D eigenvalue weighted by molar-refractivity contribution is 6.00. The van der Waals surface area contributed by atoms with Crippen molar-refractivity contribution in [3.8, 4) is 0 Å². The first-order valence-corrected chi connectivity index (χ1v) is 13.6. The molecule has 2 aromatic rings. The molecule has 222 valence electrons. The number of carbonyl (C=O) groups is 1. The maximum Gasteiger partial charge on any atom is 0.416 e. The molecule has 2 fully saturated rings. The van der Waals surface area contributed by atoms with E-state index in [4.69, 9.17) is 0 Å². The second-order valence-electron chi connectivity index (χ2n) is 10.7. The molecule has 3 aliphatic heterocycles. The third-order valence-corrected chi connectivity index (χ3v) is 7.70. The van der Waals surface area contributed by atoms with Crippen LogP contribution >= 0.6 is 0 Å². The number of nitrogens with one attached hydrogen (secondary N) is 3. The van der Waals surface area contributed by atoms with Gasteiger partial charge >= 0.3 is 18.4 Å². The first-order chi connectivity index (χ1) is 19.3. The van der Waals surface area contributed by atoms with Gasteiger partial charge in [0.2, 0.25) is 0 Å². The third kappa shape index (κ3) is 7.00. The predicted molar refractivity (Wildman–Crippen MR) is 146 cm³/mol. The third-order valence-electron chi connectivity index (χ3n) is 7.70. The van der Waals surface area contributed by atoms with E-state index in [2.05, 4.69) is 20.9 Å². The number of carbonyl (C=O) groups excluding carboxylic acids is 1. The molecule has 2 aromatic carbocycles. The second kappa shape index (κ2) is 11.3. The van der Waals surface area contributed by atoms with Gasteiger partial charge in [0, 0.05) is 53.8 Å². The van der Waals surface area contributed by atoms with Crippen molar-refractivity contribution in [1.82, 2.24) is 10.2 Å². The molecule has 0 saturated carbocycles. The van der Waals surface area contributed by atoms with E-state index in [1.54, 1.807) is 18.0 Å². The van der Waals surface area contributed by atoms with Crippen LogP contribution in [0.2, 0.25) is 0 Å². The lowest BCUT2D eigenvalue weighted by molar-refractivity contribution is -0.138. The van der Waals surface area contributed by atoms with E-state index in [1.165, 1.54) is 25.0 Å². The summed E-state index contributed by atoms with van der Waals surface area (Å²) >= 11 is 0. The molecule has 0 bridgehead atoms. The molecule has 3 heterocycles. The van der Waals surface area contributed by atoms with Crippen molar-refractivity contribution in [1.29, 1.82) is 0 Å². The first-order valence-electron chi connectivity index (χ1n) is 13.6. The Hall–Kier alpha value is -3.61. The van der Waals surface area contributed by atoms with E-state index in [0.717, 1.165) is 55.9 Å². The Morgan fingerprint density at radius 3 is 1.85 bits per heavy atom. The van der Waals surface area contributed by atoms with Crippen LogP contribution in [-0.4, -0.2) is 49.8 Å². The molecular formula is C28H32F6N6O. The second-order valence-corrected chi connectivity index (χ2v) is 10.7. The number of urea groups is 1. The molecule has 2 saturated heterocycles. The molecule has 7 nitrogen and oxygen atoms in total. The van der Waals surface area contributed by atoms with Crippen LogP contribution < -0.4 is 25.8 Å². The van der Waals surface area contributed by atoms with Gasteiger partial charge in [0.1, 0.15) is 0 Å². The summed E-state index contributed by atoms with van der Waals surface area (Å²) in [5, 5.41) is 7.73. The van der Waals surface area contributed by atoms with Crippen LogP contribution in [0.3, 0.4) is 0 Å². The smallest absolute Gasteiger partial charge is 0.371 e. The Balaban J connectivity index is 1.33. The van der Waals surface area contributed by atoms with E-state index >= 15 is 0 Å². The molecule has 5 rings (SSSR count). The fourth-order valence-electron chi connectivity index (χ4n) is 5.63. The van der Waals surface area contributed by atoms with Gasteiger partial charge in [-0.15, -0.1) is 0 Å². The Morgan fingerprint density at radius 1 is 0.805 bits per heavy atom. The van der Waals surface area contributed by atoms with Gasteiger partial charge in [-0.2, -0.15) is 26.3 Å². The Labute approximate surface area is 234 Å². The summed E-state index contributed by atoms with van der Waals surface area (Å²) in [5.74, 6) is 0. The maximum atomic E-state index is 13.8. The first kappa shape index (κ1) is 28.9. The molecule has 0 atom stereocenters. The van der Waals surface area contributed by atoms with Gasteiger partial charge in [0.25, 0.3) is 0 Å². The van der Waals surface area contributed by atoms with Gasteiger partial charge in [-0.1, -0.05) is 0 Å². The summed E-state index contributed by atoms with van der Waals surface area (Å²) in [6, 6.07) is 5.92. The Kier molecular flexibility index (Phi) is 8.00. The highest BCUT2D eigenvalue weighted by atomic mass is 19.4. The number of anilines is 4. The molecular weight excluding hydrogens is 550 g/mol. The minimum Gasteiger partial charge on any atom is -0.371 e. The minimum absolute atomic E-state index is 0.108. The predicted octanol–water partition coefficient (Wildman–Crippen LogP) is 6.66. The monoisotopic (exact) mass is 582 g/mol. The number of halogens is 6. The van der Waals surface area contributed by atoms with Crippen LogP contribution in [0.15, 0.2) is 48.3 Å². The number of likely N-dealkylation sites (tertiary alicyclic amines) is 1. The lowest BCUT2D eigenvalue weighted by Gasteiger charge is -2.38. The van der Waals surface area contributed by atoms with Gasteiger partial charge < -0.3 is 30.7 Å². The largest absolute Gasteiger partial charge is 0.416 e. The average Bonchev–Trinajstić information content (AvgIpc) is 3.60. The van der Waals surface area contributed by atoms with E-state index in [9.17, 15) is 31.1 Å². The number of hydrogen-bond donors (Lipinski definition) is 3. The van der Waals surface area contributed by atoms with Crippen LogP contribution in [0.5, 0.6) is 0 Å². The number of piperidine rings is 1. The van der Waals surface area contributed by atoms with Crippen LogP contribution in [-0.2, 0) is 12.4 Å². The number of allylic oxidation sites excluding steroid dienone is 1. The highest BCUT2D eigenvalue weighted by Gasteiger charge is 2.34. The lowest BCUT2D eigenvalue weighted by atomic mass is 10.0.